The Morgan fingerprint density at radius 1 is 1.07 bits per heavy atom. The molecular formula is C22H22N4O2. The van der Waals surface area contributed by atoms with Crippen molar-refractivity contribution in [2.24, 2.45) is 0 Å². The van der Waals surface area contributed by atoms with Crippen LogP contribution in [0.1, 0.15) is 34.5 Å². The summed E-state index contributed by atoms with van der Waals surface area (Å²) < 4.78 is 5.37. The molecule has 0 unspecified atom stereocenters. The van der Waals surface area contributed by atoms with Crippen LogP contribution in [0.3, 0.4) is 0 Å². The van der Waals surface area contributed by atoms with Gasteiger partial charge < -0.3 is 14.2 Å². The van der Waals surface area contributed by atoms with E-state index in [0.29, 0.717) is 12.3 Å². The minimum absolute atomic E-state index is 0.0319. The summed E-state index contributed by atoms with van der Waals surface area (Å²) in [6.45, 7) is 3.15. The van der Waals surface area contributed by atoms with Gasteiger partial charge in [0.2, 0.25) is 0 Å². The molecule has 6 heteroatoms. The standard InChI is InChI=1S/C22H22N4O2/c27-21(19-6-3-13-28-19)26-15-17-4-1-2-5-18(17)22(16-26)7-11-25(12-8-22)20-14-23-9-10-24-20/h1-6,9-10,13-14H,7-8,11-12,15-16H2. The van der Waals surface area contributed by atoms with Crippen LogP contribution in [0.2, 0.25) is 0 Å². The molecule has 1 spiro atoms. The average Bonchev–Trinajstić information content (AvgIpc) is 3.29. The maximum Gasteiger partial charge on any atom is 0.289 e. The number of amides is 1. The normalized spacial score (nSPS) is 18.1. The topological polar surface area (TPSA) is 62.5 Å². The van der Waals surface area contributed by atoms with E-state index in [4.69, 9.17) is 4.42 Å². The lowest BCUT2D eigenvalue weighted by Gasteiger charge is -2.48. The Morgan fingerprint density at radius 2 is 1.93 bits per heavy atom. The Labute approximate surface area is 163 Å². The fourth-order valence-electron chi connectivity index (χ4n) is 4.63. The van der Waals surface area contributed by atoms with Crippen molar-refractivity contribution < 1.29 is 9.21 Å². The highest BCUT2D eigenvalue weighted by molar-refractivity contribution is 5.91. The van der Waals surface area contributed by atoms with Gasteiger partial charge in [0.25, 0.3) is 5.91 Å². The van der Waals surface area contributed by atoms with Crippen molar-refractivity contribution in [1.29, 1.82) is 0 Å². The van der Waals surface area contributed by atoms with E-state index >= 15 is 0 Å². The number of rotatable bonds is 2. The highest BCUT2D eigenvalue weighted by Gasteiger charge is 2.43. The molecule has 2 aliphatic heterocycles. The second-order valence-corrected chi connectivity index (χ2v) is 7.63. The van der Waals surface area contributed by atoms with Gasteiger partial charge in [-0.15, -0.1) is 0 Å². The lowest BCUT2D eigenvalue weighted by atomic mass is 9.69. The summed E-state index contributed by atoms with van der Waals surface area (Å²) >= 11 is 0. The number of nitrogens with zero attached hydrogens (tertiary/aromatic N) is 4. The molecule has 0 N–H and O–H groups in total. The van der Waals surface area contributed by atoms with E-state index in [-0.39, 0.29) is 11.3 Å². The third-order valence-electron chi connectivity index (χ3n) is 6.06. The molecule has 0 bridgehead atoms. The molecule has 0 aliphatic carbocycles. The molecule has 0 saturated carbocycles. The Bertz CT molecular complexity index is 963. The zero-order chi connectivity index (χ0) is 19.0. The second kappa shape index (κ2) is 6.78. The van der Waals surface area contributed by atoms with Gasteiger partial charge >= 0.3 is 0 Å². The number of benzene rings is 1. The molecule has 28 heavy (non-hydrogen) atoms. The molecule has 4 heterocycles. The van der Waals surface area contributed by atoms with Gasteiger partial charge in [-0.25, -0.2) is 4.98 Å². The summed E-state index contributed by atoms with van der Waals surface area (Å²) in [4.78, 5) is 25.9. The first kappa shape index (κ1) is 17.0. The van der Waals surface area contributed by atoms with Gasteiger partial charge in [0.15, 0.2) is 5.76 Å². The molecule has 2 aromatic heterocycles. The third-order valence-corrected chi connectivity index (χ3v) is 6.06. The molecule has 1 aromatic carbocycles. The van der Waals surface area contributed by atoms with E-state index in [2.05, 4.69) is 39.1 Å². The van der Waals surface area contributed by atoms with Crippen molar-refractivity contribution in [3.05, 3.63) is 78.1 Å². The number of hydrogen-bond acceptors (Lipinski definition) is 5. The molecule has 142 valence electrons. The Hall–Kier alpha value is -3.15. The van der Waals surface area contributed by atoms with Crippen LogP contribution < -0.4 is 4.90 Å². The van der Waals surface area contributed by atoms with E-state index < -0.39 is 0 Å². The number of anilines is 1. The monoisotopic (exact) mass is 374 g/mol. The van der Waals surface area contributed by atoms with Crippen molar-refractivity contribution in [2.75, 3.05) is 24.5 Å². The van der Waals surface area contributed by atoms with Crippen molar-refractivity contribution >= 4 is 11.7 Å². The summed E-state index contributed by atoms with van der Waals surface area (Å²) in [6, 6.07) is 12.1. The smallest absolute Gasteiger partial charge is 0.289 e. The maximum absolute atomic E-state index is 13.0. The van der Waals surface area contributed by atoms with Gasteiger partial charge in [0, 0.05) is 44.0 Å². The van der Waals surface area contributed by atoms with E-state index in [9.17, 15) is 4.79 Å². The Morgan fingerprint density at radius 3 is 2.68 bits per heavy atom. The van der Waals surface area contributed by atoms with Gasteiger partial charge in [0.1, 0.15) is 5.82 Å². The number of piperidine rings is 1. The summed E-state index contributed by atoms with van der Waals surface area (Å²) in [5.74, 6) is 1.30. The highest BCUT2D eigenvalue weighted by atomic mass is 16.3. The van der Waals surface area contributed by atoms with E-state index in [0.717, 1.165) is 38.3 Å². The average molecular weight is 374 g/mol. The number of fused-ring (bicyclic) bond motifs is 2. The Balaban J connectivity index is 1.44. The zero-order valence-corrected chi connectivity index (χ0v) is 15.6. The first-order chi connectivity index (χ1) is 13.8. The molecular weight excluding hydrogens is 352 g/mol. The van der Waals surface area contributed by atoms with Crippen LogP contribution in [0.5, 0.6) is 0 Å². The van der Waals surface area contributed by atoms with E-state index in [1.165, 1.54) is 11.1 Å². The van der Waals surface area contributed by atoms with Gasteiger partial charge in [-0.05, 0) is 36.1 Å². The summed E-state index contributed by atoms with van der Waals surface area (Å²) in [5, 5.41) is 0. The van der Waals surface area contributed by atoms with Crippen LogP contribution in [0.15, 0.2) is 65.7 Å². The van der Waals surface area contributed by atoms with E-state index in [1.807, 2.05) is 11.1 Å². The lowest BCUT2D eigenvalue weighted by molar-refractivity contribution is 0.0616. The molecule has 0 atom stereocenters. The quantitative estimate of drug-likeness (QED) is 0.689. The summed E-state index contributed by atoms with van der Waals surface area (Å²) in [7, 11) is 0. The number of hydrogen-bond donors (Lipinski definition) is 0. The molecule has 6 nitrogen and oxygen atoms in total. The van der Waals surface area contributed by atoms with Gasteiger partial charge in [0.05, 0.1) is 12.5 Å². The number of aromatic nitrogens is 2. The largest absolute Gasteiger partial charge is 0.459 e. The minimum Gasteiger partial charge on any atom is -0.459 e. The zero-order valence-electron chi connectivity index (χ0n) is 15.6. The number of carbonyl (C=O) groups is 1. The number of furan rings is 1. The van der Waals surface area contributed by atoms with Crippen molar-refractivity contribution in [2.45, 2.75) is 24.8 Å². The van der Waals surface area contributed by atoms with E-state index in [1.54, 1.807) is 30.8 Å². The summed E-state index contributed by atoms with van der Waals surface area (Å²) in [6.07, 6.45) is 8.76. The molecule has 3 aromatic rings. The lowest BCUT2D eigenvalue weighted by Crippen LogP contribution is -2.53. The predicted molar refractivity (Wildman–Crippen MR) is 105 cm³/mol. The van der Waals surface area contributed by atoms with Crippen LogP contribution in [0.4, 0.5) is 5.82 Å². The molecule has 1 amide bonds. The van der Waals surface area contributed by atoms with Crippen LogP contribution in [0, 0.1) is 0 Å². The van der Waals surface area contributed by atoms with Crippen molar-refractivity contribution in [3.8, 4) is 0 Å². The first-order valence-corrected chi connectivity index (χ1v) is 9.67. The minimum atomic E-state index is -0.0322. The third kappa shape index (κ3) is 2.85. The fourth-order valence-corrected chi connectivity index (χ4v) is 4.63. The maximum atomic E-state index is 13.0. The molecule has 5 rings (SSSR count). The van der Waals surface area contributed by atoms with Crippen LogP contribution in [-0.4, -0.2) is 40.4 Å². The predicted octanol–water partition coefficient (Wildman–Crippen LogP) is 3.26. The van der Waals surface area contributed by atoms with Crippen molar-refractivity contribution in [3.63, 3.8) is 0 Å². The number of carbonyl (C=O) groups excluding carboxylic acids is 1. The van der Waals surface area contributed by atoms with Gasteiger partial charge in [-0.1, -0.05) is 24.3 Å². The molecule has 1 fully saturated rings. The summed E-state index contributed by atoms with van der Waals surface area (Å²) in [5.41, 5.74) is 2.59. The van der Waals surface area contributed by atoms with Crippen molar-refractivity contribution in [1.82, 2.24) is 14.9 Å². The Kier molecular flexibility index (Phi) is 4.11. The highest BCUT2D eigenvalue weighted by Crippen LogP contribution is 2.42. The van der Waals surface area contributed by atoms with Crippen LogP contribution >= 0.6 is 0 Å². The second-order valence-electron chi connectivity index (χ2n) is 7.63. The van der Waals surface area contributed by atoms with Gasteiger partial charge in [-0.3, -0.25) is 9.78 Å². The fraction of sp³-hybridized carbons (Fsp3) is 0.318. The first-order valence-electron chi connectivity index (χ1n) is 9.67. The van der Waals surface area contributed by atoms with Crippen LogP contribution in [0.25, 0.3) is 0 Å². The van der Waals surface area contributed by atoms with Crippen LogP contribution in [-0.2, 0) is 12.0 Å². The molecule has 0 radical (unpaired) electrons. The van der Waals surface area contributed by atoms with Gasteiger partial charge in [-0.2, -0.15) is 0 Å². The molecule has 1 saturated heterocycles. The molecule has 2 aliphatic rings. The SMILES string of the molecule is O=C(c1ccco1)N1Cc2ccccc2C2(CCN(c3cnccn3)CC2)C1.